The second-order valence-electron chi connectivity index (χ2n) is 6.65. The molecule has 138 valence electrons. The van der Waals surface area contributed by atoms with Crippen LogP contribution in [0.25, 0.3) is 10.9 Å². The van der Waals surface area contributed by atoms with Crippen LogP contribution in [0.3, 0.4) is 0 Å². The van der Waals surface area contributed by atoms with Gasteiger partial charge in [0.2, 0.25) is 5.91 Å². The first-order chi connectivity index (χ1) is 12.9. The minimum absolute atomic E-state index is 0.0589. The molecule has 1 N–H and O–H groups in total. The van der Waals surface area contributed by atoms with Gasteiger partial charge in [-0.05, 0) is 49.2 Å². The molecule has 1 aromatic heterocycles. The van der Waals surface area contributed by atoms with Gasteiger partial charge in [-0.15, -0.1) is 0 Å². The number of pyridine rings is 1. The highest BCUT2D eigenvalue weighted by molar-refractivity contribution is 7.93. The average molecular weight is 381 g/mol. The van der Waals surface area contributed by atoms with Gasteiger partial charge in [0.15, 0.2) is 0 Å². The molecule has 1 amide bonds. The van der Waals surface area contributed by atoms with Crippen molar-refractivity contribution in [3.63, 3.8) is 0 Å². The quantitative estimate of drug-likeness (QED) is 0.750. The number of para-hydroxylation sites is 1. The van der Waals surface area contributed by atoms with Gasteiger partial charge < -0.3 is 4.90 Å². The third-order valence-electron chi connectivity index (χ3n) is 4.58. The van der Waals surface area contributed by atoms with Gasteiger partial charge in [0, 0.05) is 30.2 Å². The van der Waals surface area contributed by atoms with Crippen LogP contribution >= 0.6 is 0 Å². The number of anilines is 2. The topological polar surface area (TPSA) is 79.4 Å². The minimum Gasteiger partial charge on any atom is -0.312 e. The van der Waals surface area contributed by atoms with E-state index >= 15 is 0 Å². The summed E-state index contributed by atoms with van der Waals surface area (Å²) in [4.78, 5) is 18.1. The van der Waals surface area contributed by atoms with Gasteiger partial charge in [0.05, 0.1) is 11.2 Å². The highest BCUT2D eigenvalue weighted by atomic mass is 32.2. The highest BCUT2D eigenvalue weighted by Crippen LogP contribution is 2.27. The third kappa shape index (κ3) is 3.38. The molecule has 0 bridgehead atoms. The number of aryl methyl sites for hydroxylation is 1. The number of hydrogen-bond acceptors (Lipinski definition) is 4. The van der Waals surface area contributed by atoms with Gasteiger partial charge in [0.1, 0.15) is 4.90 Å². The van der Waals surface area contributed by atoms with Crippen molar-refractivity contribution in [2.75, 3.05) is 16.2 Å². The van der Waals surface area contributed by atoms with E-state index < -0.39 is 10.0 Å². The molecule has 0 atom stereocenters. The van der Waals surface area contributed by atoms with Crippen LogP contribution in [0.1, 0.15) is 18.4 Å². The molecule has 0 unspecified atom stereocenters. The van der Waals surface area contributed by atoms with Crippen molar-refractivity contribution in [1.82, 2.24) is 4.98 Å². The number of fused-ring (bicyclic) bond motifs is 1. The molecule has 2 heterocycles. The fourth-order valence-electron chi connectivity index (χ4n) is 3.33. The van der Waals surface area contributed by atoms with Crippen LogP contribution in [0.2, 0.25) is 0 Å². The molecule has 7 heteroatoms. The Morgan fingerprint density at radius 1 is 1.11 bits per heavy atom. The molecule has 1 saturated heterocycles. The Labute approximate surface area is 157 Å². The lowest BCUT2D eigenvalue weighted by Gasteiger charge is -2.17. The number of hydrogen-bond donors (Lipinski definition) is 1. The Bertz CT molecular complexity index is 1140. The fraction of sp³-hybridized carbons (Fsp3) is 0.200. The first kappa shape index (κ1) is 17.5. The highest BCUT2D eigenvalue weighted by Gasteiger charge is 2.23. The second kappa shape index (κ2) is 6.66. The molecule has 2 aromatic carbocycles. The Balaban J connectivity index is 1.69. The Kier molecular flexibility index (Phi) is 4.31. The maximum Gasteiger partial charge on any atom is 0.264 e. The number of rotatable bonds is 4. The largest absolute Gasteiger partial charge is 0.312 e. The maximum absolute atomic E-state index is 13.0. The summed E-state index contributed by atoms with van der Waals surface area (Å²) < 4.78 is 28.5. The maximum atomic E-state index is 13.0. The molecule has 0 radical (unpaired) electrons. The number of benzene rings is 2. The number of nitrogens with one attached hydrogen (secondary N) is 1. The van der Waals surface area contributed by atoms with E-state index in [2.05, 4.69) is 9.71 Å². The van der Waals surface area contributed by atoms with Crippen molar-refractivity contribution in [3.05, 3.63) is 60.3 Å². The zero-order valence-corrected chi connectivity index (χ0v) is 15.7. The summed E-state index contributed by atoms with van der Waals surface area (Å²) in [5.41, 5.74) is 2.51. The molecule has 0 spiro atoms. The average Bonchev–Trinajstić information content (AvgIpc) is 3.07. The lowest BCUT2D eigenvalue weighted by molar-refractivity contribution is -0.117. The number of carbonyl (C=O) groups excluding carboxylic acids is 1. The van der Waals surface area contributed by atoms with Gasteiger partial charge in [-0.3, -0.25) is 14.5 Å². The van der Waals surface area contributed by atoms with Crippen molar-refractivity contribution in [3.8, 4) is 0 Å². The number of carbonyl (C=O) groups is 1. The van der Waals surface area contributed by atoms with E-state index in [0.29, 0.717) is 29.9 Å². The monoisotopic (exact) mass is 381 g/mol. The van der Waals surface area contributed by atoms with E-state index in [1.165, 1.54) is 0 Å². The first-order valence-corrected chi connectivity index (χ1v) is 10.2. The summed E-state index contributed by atoms with van der Waals surface area (Å²) in [5, 5.41) is 0.772. The molecular weight excluding hydrogens is 362 g/mol. The van der Waals surface area contributed by atoms with Crippen molar-refractivity contribution >= 4 is 38.2 Å². The smallest absolute Gasteiger partial charge is 0.264 e. The van der Waals surface area contributed by atoms with Crippen LogP contribution in [0.15, 0.2) is 59.6 Å². The SMILES string of the molecule is Cc1cnc2c(S(=O)(=O)Nc3cccc(N4CCCC4=O)c3)cccc2c1. The minimum atomic E-state index is -3.82. The zero-order chi connectivity index (χ0) is 19.0. The fourth-order valence-corrected chi connectivity index (χ4v) is 4.56. The van der Waals surface area contributed by atoms with Crippen molar-refractivity contribution in [2.45, 2.75) is 24.7 Å². The van der Waals surface area contributed by atoms with Gasteiger partial charge in [0.25, 0.3) is 10.0 Å². The molecule has 0 saturated carbocycles. The van der Waals surface area contributed by atoms with E-state index in [0.717, 1.165) is 17.4 Å². The summed E-state index contributed by atoms with van der Waals surface area (Å²) >= 11 is 0. The summed E-state index contributed by atoms with van der Waals surface area (Å²) in [6.45, 7) is 2.57. The molecular formula is C20H19N3O3S. The second-order valence-corrected chi connectivity index (χ2v) is 8.30. The van der Waals surface area contributed by atoms with Gasteiger partial charge >= 0.3 is 0 Å². The standard InChI is InChI=1S/C20H19N3O3S/c1-14-11-15-5-2-8-18(20(15)21-13-14)27(25,26)22-16-6-3-7-17(12-16)23-10-4-9-19(23)24/h2-3,5-8,11-13,22H,4,9-10H2,1H3. The van der Waals surface area contributed by atoms with E-state index in [-0.39, 0.29) is 10.8 Å². The molecule has 1 aliphatic heterocycles. The lowest BCUT2D eigenvalue weighted by Crippen LogP contribution is -2.23. The number of amides is 1. The first-order valence-electron chi connectivity index (χ1n) is 8.73. The Morgan fingerprint density at radius 2 is 1.93 bits per heavy atom. The van der Waals surface area contributed by atoms with Crippen LogP contribution in [-0.2, 0) is 14.8 Å². The normalized spacial score (nSPS) is 14.7. The predicted molar refractivity (Wildman–Crippen MR) is 105 cm³/mol. The lowest BCUT2D eigenvalue weighted by atomic mass is 10.2. The molecule has 1 fully saturated rings. The van der Waals surface area contributed by atoms with Crippen LogP contribution in [-0.4, -0.2) is 25.9 Å². The summed E-state index contributed by atoms with van der Waals surface area (Å²) in [6, 6.07) is 13.9. The third-order valence-corrected chi connectivity index (χ3v) is 6.00. The van der Waals surface area contributed by atoms with Gasteiger partial charge in [-0.2, -0.15) is 0 Å². The summed E-state index contributed by atoms with van der Waals surface area (Å²) in [6.07, 6.45) is 2.99. The molecule has 1 aliphatic rings. The molecule has 6 nitrogen and oxygen atoms in total. The van der Waals surface area contributed by atoms with Gasteiger partial charge in [-0.25, -0.2) is 8.42 Å². The van der Waals surface area contributed by atoms with Crippen LogP contribution in [0.5, 0.6) is 0 Å². The predicted octanol–water partition coefficient (Wildman–Crippen LogP) is 3.47. The van der Waals surface area contributed by atoms with E-state index in [9.17, 15) is 13.2 Å². The Morgan fingerprint density at radius 3 is 2.70 bits per heavy atom. The van der Waals surface area contributed by atoms with E-state index in [1.807, 2.05) is 25.1 Å². The molecule has 27 heavy (non-hydrogen) atoms. The summed E-state index contributed by atoms with van der Waals surface area (Å²) in [7, 11) is -3.82. The number of aromatic nitrogens is 1. The van der Waals surface area contributed by atoms with Crippen molar-refractivity contribution in [2.24, 2.45) is 0 Å². The number of sulfonamides is 1. The number of nitrogens with zero attached hydrogens (tertiary/aromatic N) is 2. The molecule has 4 rings (SSSR count). The Hall–Kier alpha value is -2.93. The van der Waals surface area contributed by atoms with Crippen LogP contribution in [0.4, 0.5) is 11.4 Å². The van der Waals surface area contributed by atoms with E-state index in [4.69, 9.17) is 0 Å². The van der Waals surface area contributed by atoms with Crippen molar-refractivity contribution < 1.29 is 13.2 Å². The van der Waals surface area contributed by atoms with Gasteiger partial charge in [-0.1, -0.05) is 18.2 Å². The molecule has 0 aliphatic carbocycles. The zero-order valence-electron chi connectivity index (χ0n) is 14.8. The van der Waals surface area contributed by atoms with Crippen LogP contribution < -0.4 is 9.62 Å². The molecule has 3 aromatic rings. The van der Waals surface area contributed by atoms with Crippen molar-refractivity contribution in [1.29, 1.82) is 0 Å². The van der Waals surface area contributed by atoms with E-state index in [1.54, 1.807) is 41.4 Å². The summed E-state index contributed by atoms with van der Waals surface area (Å²) in [5.74, 6) is 0.0589. The van der Waals surface area contributed by atoms with Crippen LogP contribution in [0, 0.1) is 6.92 Å².